The molecule has 5 nitrogen and oxygen atoms in total. The van der Waals surface area contributed by atoms with Gasteiger partial charge in [0.05, 0.1) is 17.7 Å². The second kappa shape index (κ2) is 5.58. The van der Waals surface area contributed by atoms with E-state index in [2.05, 4.69) is 25.6 Å². The number of nitrogens with zero attached hydrogens (tertiary/aromatic N) is 3. The first-order chi connectivity index (χ1) is 8.29. The maximum absolute atomic E-state index is 4.21. The van der Waals surface area contributed by atoms with Crippen LogP contribution in [0.3, 0.4) is 0 Å². The van der Waals surface area contributed by atoms with Gasteiger partial charge in [0, 0.05) is 17.5 Å². The van der Waals surface area contributed by atoms with E-state index < -0.39 is 0 Å². The monoisotopic (exact) mass is 249 g/mol. The molecular weight excluding hydrogens is 234 g/mol. The fourth-order valence-electron chi connectivity index (χ4n) is 1.40. The first kappa shape index (κ1) is 11.8. The van der Waals surface area contributed by atoms with E-state index in [1.807, 2.05) is 25.4 Å². The summed E-state index contributed by atoms with van der Waals surface area (Å²) >= 11 is 1.65. The smallest absolute Gasteiger partial charge is 0.131 e. The van der Waals surface area contributed by atoms with Crippen molar-refractivity contribution in [2.24, 2.45) is 0 Å². The Morgan fingerprint density at radius 1 is 1.18 bits per heavy atom. The molecule has 0 aromatic carbocycles. The van der Waals surface area contributed by atoms with Crippen molar-refractivity contribution in [3.8, 4) is 0 Å². The fraction of sp³-hybridized carbons (Fsp3) is 0.364. The highest BCUT2D eigenvalue weighted by Crippen LogP contribution is 2.15. The molecule has 2 heterocycles. The summed E-state index contributed by atoms with van der Waals surface area (Å²) in [6.07, 6.45) is 1.56. The van der Waals surface area contributed by atoms with Crippen LogP contribution >= 0.6 is 11.3 Å². The van der Waals surface area contributed by atoms with Gasteiger partial charge in [-0.15, -0.1) is 11.3 Å². The second-order valence-electron chi connectivity index (χ2n) is 3.53. The molecule has 2 aromatic heterocycles. The molecule has 6 heteroatoms. The Kier molecular flexibility index (Phi) is 3.87. The van der Waals surface area contributed by atoms with E-state index in [1.165, 1.54) is 4.88 Å². The van der Waals surface area contributed by atoms with Crippen LogP contribution in [0.4, 0.5) is 11.6 Å². The Balaban J connectivity index is 1.99. The fourth-order valence-corrected chi connectivity index (χ4v) is 2.12. The van der Waals surface area contributed by atoms with E-state index in [0.717, 1.165) is 30.4 Å². The third-order valence-corrected chi connectivity index (χ3v) is 3.23. The number of aryl methyl sites for hydroxylation is 1. The summed E-state index contributed by atoms with van der Waals surface area (Å²) in [6, 6.07) is 1.90. The molecule has 2 N–H and O–H groups in total. The molecule has 17 heavy (non-hydrogen) atoms. The summed E-state index contributed by atoms with van der Waals surface area (Å²) in [5.41, 5.74) is 2.93. The molecule has 0 aliphatic heterocycles. The lowest BCUT2D eigenvalue weighted by atomic mass is 10.4. The lowest BCUT2D eigenvalue weighted by Gasteiger charge is -2.06. The number of hydrogen-bond acceptors (Lipinski definition) is 6. The largest absolute Gasteiger partial charge is 0.370 e. The molecule has 0 saturated heterocycles. The van der Waals surface area contributed by atoms with E-state index in [1.54, 1.807) is 17.7 Å². The predicted octanol–water partition coefficient (Wildman–Crippen LogP) is 2.29. The molecule has 0 amide bonds. The predicted molar refractivity (Wildman–Crippen MR) is 70.4 cm³/mol. The standard InChI is InChI=1S/C11H15N5S/c1-3-12-10-4-11(15-6-14-10)13-5-9-8(2)16-7-17-9/h4,6-7H,3,5H2,1-2H3,(H2,12,13,14,15). The van der Waals surface area contributed by atoms with Crippen molar-refractivity contribution in [3.05, 3.63) is 28.5 Å². The number of hydrogen-bond donors (Lipinski definition) is 2. The van der Waals surface area contributed by atoms with E-state index in [4.69, 9.17) is 0 Å². The first-order valence-corrected chi connectivity index (χ1v) is 6.36. The summed E-state index contributed by atoms with van der Waals surface area (Å²) < 4.78 is 0. The normalized spacial score (nSPS) is 10.2. The average molecular weight is 249 g/mol. The molecule has 0 fully saturated rings. The maximum Gasteiger partial charge on any atom is 0.131 e. The maximum atomic E-state index is 4.21. The van der Waals surface area contributed by atoms with Crippen molar-refractivity contribution in [2.45, 2.75) is 20.4 Å². The van der Waals surface area contributed by atoms with Crippen molar-refractivity contribution < 1.29 is 0 Å². The quantitative estimate of drug-likeness (QED) is 0.851. The lowest BCUT2D eigenvalue weighted by molar-refractivity contribution is 1.06. The van der Waals surface area contributed by atoms with Gasteiger partial charge in [-0.25, -0.2) is 15.0 Å². The van der Waals surface area contributed by atoms with Crippen LogP contribution in [-0.4, -0.2) is 21.5 Å². The second-order valence-corrected chi connectivity index (χ2v) is 4.47. The van der Waals surface area contributed by atoms with Crippen molar-refractivity contribution in [2.75, 3.05) is 17.2 Å². The van der Waals surface area contributed by atoms with Crippen molar-refractivity contribution in [3.63, 3.8) is 0 Å². The summed E-state index contributed by atoms with van der Waals surface area (Å²) in [5.74, 6) is 1.66. The zero-order valence-electron chi connectivity index (χ0n) is 9.90. The first-order valence-electron chi connectivity index (χ1n) is 5.48. The van der Waals surface area contributed by atoms with Gasteiger partial charge >= 0.3 is 0 Å². The molecule has 0 aliphatic carbocycles. The van der Waals surface area contributed by atoms with Crippen LogP contribution in [0, 0.1) is 6.92 Å². The van der Waals surface area contributed by atoms with Crippen LogP contribution in [0.1, 0.15) is 17.5 Å². The van der Waals surface area contributed by atoms with Crippen LogP contribution in [-0.2, 0) is 6.54 Å². The number of rotatable bonds is 5. The van der Waals surface area contributed by atoms with E-state index in [0.29, 0.717) is 0 Å². The van der Waals surface area contributed by atoms with Crippen molar-refractivity contribution in [1.82, 2.24) is 15.0 Å². The van der Waals surface area contributed by atoms with Crippen LogP contribution in [0.5, 0.6) is 0 Å². The third kappa shape index (κ3) is 3.13. The highest BCUT2D eigenvalue weighted by atomic mass is 32.1. The van der Waals surface area contributed by atoms with Gasteiger partial charge in [-0.2, -0.15) is 0 Å². The molecule has 0 saturated carbocycles. The average Bonchev–Trinajstić information content (AvgIpc) is 2.73. The minimum absolute atomic E-state index is 0.749. The van der Waals surface area contributed by atoms with Crippen LogP contribution in [0.2, 0.25) is 0 Å². The van der Waals surface area contributed by atoms with Gasteiger partial charge in [-0.05, 0) is 13.8 Å². The van der Waals surface area contributed by atoms with E-state index in [9.17, 15) is 0 Å². The number of nitrogens with one attached hydrogen (secondary N) is 2. The van der Waals surface area contributed by atoms with Gasteiger partial charge in [0.2, 0.25) is 0 Å². The van der Waals surface area contributed by atoms with Gasteiger partial charge in [-0.3, -0.25) is 0 Å². The van der Waals surface area contributed by atoms with E-state index in [-0.39, 0.29) is 0 Å². The third-order valence-electron chi connectivity index (χ3n) is 2.30. The molecule has 0 bridgehead atoms. The summed E-state index contributed by atoms with van der Waals surface area (Å²) in [6.45, 7) is 5.65. The van der Waals surface area contributed by atoms with Crippen LogP contribution in [0.15, 0.2) is 17.9 Å². The SMILES string of the molecule is CCNc1cc(NCc2scnc2C)ncn1. The number of thiazole rings is 1. The zero-order chi connectivity index (χ0) is 12.1. The van der Waals surface area contributed by atoms with Crippen LogP contribution < -0.4 is 10.6 Å². The molecular formula is C11H15N5S. The van der Waals surface area contributed by atoms with Crippen LogP contribution in [0.25, 0.3) is 0 Å². The Bertz CT molecular complexity index is 482. The van der Waals surface area contributed by atoms with Gasteiger partial charge in [-0.1, -0.05) is 0 Å². The Labute approximate surface area is 104 Å². The lowest BCUT2D eigenvalue weighted by Crippen LogP contribution is -2.04. The molecule has 0 unspecified atom stereocenters. The minimum Gasteiger partial charge on any atom is -0.370 e. The molecule has 0 radical (unpaired) electrons. The van der Waals surface area contributed by atoms with Gasteiger partial charge in [0.25, 0.3) is 0 Å². The van der Waals surface area contributed by atoms with Crippen molar-refractivity contribution in [1.29, 1.82) is 0 Å². The molecule has 90 valence electrons. The molecule has 2 aromatic rings. The topological polar surface area (TPSA) is 62.7 Å². The van der Waals surface area contributed by atoms with Gasteiger partial charge < -0.3 is 10.6 Å². The summed E-state index contributed by atoms with van der Waals surface area (Å²) in [4.78, 5) is 13.7. The highest BCUT2D eigenvalue weighted by molar-refractivity contribution is 7.09. The number of anilines is 2. The van der Waals surface area contributed by atoms with Gasteiger partial charge in [0.1, 0.15) is 18.0 Å². The highest BCUT2D eigenvalue weighted by Gasteiger charge is 2.02. The Morgan fingerprint density at radius 3 is 2.59 bits per heavy atom. The summed E-state index contributed by atoms with van der Waals surface area (Å²) in [5, 5.41) is 6.42. The summed E-state index contributed by atoms with van der Waals surface area (Å²) in [7, 11) is 0. The Hall–Kier alpha value is -1.69. The zero-order valence-corrected chi connectivity index (χ0v) is 10.7. The Morgan fingerprint density at radius 2 is 1.94 bits per heavy atom. The minimum atomic E-state index is 0.749. The molecule has 0 atom stereocenters. The number of aromatic nitrogens is 3. The molecule has 0 aliphatic rings. The van der Waals surface area contributed by atoms with E-state index >= 15 is 0 Å². The van der Waals surface area contributed by atoms with Gasteiger partial charge in [0.15, 0.2) is 0 Å². The van der Waals surface area contributed by atoms with Crippen molar-refractivity contribution >= 4 is 23.0 Å². The molecule has 2 rings (SSSR count). The molecule has 0 spiro atoms.